The average molecular weight is 461 g/mol. The van der Waals surface area contributed by atoms with E-state index >= 15 is 0 Å². The first-order chi connectivity index (χ1) is 15.7. The van der Waals surface area contributed by atoms with Crippen molar-refractivity contribution in [3.8, 4) is 0 Å². The molecule has 1 atom stereocenters. The van der Waals surface area contributed by atoms with Gasteiger partial charge in [-0.15, -0.1) is 0 Å². The summed E-state index contributed by atoms with van der Waals surface area (Å²) in [7, 11) is 1.55. The van der Waals surface area contributed by atoms with E-state index < -0.39 is 23.7 Å². The fourth-order valence-electron chi connectivity index (χ4n) is 4.65. The molecular weight excluding hydrogens is 416 g/mol. The maximum atomic E-state index is 12.1. The molecule has 33 heavy (non-hydrogen) atoms. The Morgan fingerprint density at radius 2 is 1.45 bits per heavy atom. The minimum absolute atomic E-state index is 0.167. The SMILES string of the molecule is C1CCC(NC2CCCCC2)CC1.CN(C(=O)OC(C)(C)C)C(CC(=O)O)c1ccccc1. The van der Waals surface area contributed by atoms with Crippen LogP contribution in [0.2, 0.25) is 0 Å². The van der Waals surface area contributed by atoms with Gasteiger partial charge in [-0.25, -0.2) is 4.79 Å². The number of rotatable bonds is 6. The lowest BCUT2D eigenvalue weighted by atomic mass is 9.91. The van der Waals surface area contributed by atoms with Crippen LogP contribution in [0, 0.1) is 0 Å². The predicted molar refractivity (Wildman–Crippen MR) is 132 cm³/mol. The number of hydrogen-bond donors (Lipinski definition) is 2. The van der Waals surface area contributed by atoms with E-state index in [9.17, 15) is 9.59 Å². The van der Waals surface area contributed by atoms with E-state index in [-0.39, 0.29) is 6.42 Å². The lowest BCUT2D eigenvalue weighted by Gasteiger charge is -2.30. The van der Waals surface area contributed by atoms with Gasteiger partial charge in [-0.2, -0.15) is 0 Å². The number of nitrogens with zero attached hydrogens (tertiary/aromatic N) is 1. The summed E-state index contributed by atoms with van der Waals surface area (Å²) in [5.74, 6) is -0.964. The Kier molecular flexibility index (Phi) is 11.2. The number of aliphatic carboxylic acids is 1. The van der Waals surface area contributed by atoms with E-state index in [1.165, 1.54) is 69.1 Å². The van der Waals surface area contributed by atoms with Crippen molar-refractivity contribution in [2.45, 2.75) is 115 Å². The topological polar surface area (TPSA) is 78.9 Å². The highest BCUT2D eigenvalue weighted by Crippen LogP contribution is 2.25. The third-order valence-corrected chi connectivity index (χ3v) is 6.38. The first-order valence-electron chi connectivity index (χ1n) is 12.6. The zero-order valence-electron chi connectivity index (χ0n) is 21.0. The molecular formula is C27H44N2O4. The van der Waals surface area contributed by atoms with Gasteiger partial charge >= 0.3 is 12.1 Å². The Balaban J connectivity index is 0.000000254. The van der Waals surface area contributed by atoms with Gasteiger partial charge in [0.25, 0.3) is 0 Å². The van der Waals surface area contributed by atoms with E-state index in [2.05, 4.69) is 5.32 Å². The van der Waals surface area contributed by atoms with Crippen LogP contribution in [0.25, 0.3) is 0 Å². The van der Waals surface area contributed by atoms with Crippen LogP contribution in [0.1, 0.15) is 103 Å². The summed E-state index contributed by atoms with van der Waals surface area (Å²) < 4.78 is 5.28. The van der Waals surface area contributed by atoms with Crippen molar-refractivity contribution >= 4 is 12.1 Å². The summed E-state index contributed by atoms with van der Waals surface area (Å²) in [4.78, 5) is 24.4. The van der Waals surface area contributed by atoms with Crippen molar-refractivity contribution in [2.75, 3.05) is 7.05 Å². The number of ether oxygens (including phenoxy) is 1. The molecule has 2 fully saturated rings. The molecule has 0 radical (unpaired) electrons. The van der Waals surface area contributed by atoms with E-state index in [4.69, 9.17) is 9.84 Å². The monoisotopic (exact) mass is 460 g/mol. The summed E-state index contributed by atoms with van der Waals surface area (Å²) in [6.07, 6.45) is 13.9. The summed E-state index contributed by atoms with van der Waals surface area (Å²) >= 11 is 0. The Bertz CT molecular complexity index is 689. The van der Waals surface area contributed by atoms with Crippen LogP contribution in [0.15, 0.2) is 30.3 Å². The molecule has 0 bridgehead atoms. The standard InChI is InChI=1S/C15H21NO4.C12H23N/c1-15(2,3)20-14(19)16(4)12(10-13(17)18)11-8-6-5-7-9-11;1-3-7-11(8-4-1)13-12-9-5-2-6-10-12/h5-9,12H,10H2,1-4H3,(H,17,18);11-13H,1-10H2. The molecule has 0 saturated heterocycles. The molecule has 2 aliphatic rings. The van der Waals surface area contributed by atoms with Crippen molar-refractivity contribution < 1.29 is 19.4 Å². The summed E-state index contributed by atoms with van der Waals surface area (Å²) in [6.45, 7) is 5.31. The van der Waals surface area contributed by atoms with Crippen LogP contribution >= 0.6 is 0 Å². The second-order valence-corrected chi connectivity index (χ2v) is 10.5. The number of carboxylic acids is 1. The number of carbonyl (C=O) groups is 2. The van der Waals surface area contributed by atoms with Gasteiger partial charge in [-0.1, -0.05) is 68.9 Å². The molecule has 1 aromatic carbocycles. The van der Waals surface area contributed by atoms with Gasteiger partial charge in [0.1, 0.15) is 5.60 Å². The molecule has 0 heterocycles. The molecule has 6 heteroatoms. The average Bonchev–Trinajstić information content (AvgIpc) is 2.78. The largest absolute Gasteiger partial charge is 0.481 e. The molecule has 1 unspecified atom stereocenters. The maximum absolute atomic E-state index is 12.1. The van der Waals surface area contributed by atoms with Crippen molar-refractivity contribution in [1.29, 1.82) is 0 Å². The van der Waals surface area contributed by atoms with Crippen LogP contribution in [0.5, 0.6) is 0 Å². The molecule has 0 aromatic heterocycles. The van der Waals surface area contributed by atoms with Crippen LogP contribution in [-0.2, 0) is 9.53 Å². The number of hydrogen-bond acceptors (Lipinski definition) is 4. The molecule has 6 nitrogen and oxygen atoms in total. The highest BCUT2D eigenvalue weighted by atomic mass is 16.6. The zero-order valence-corrected chi connectivity index (χ0v) is 21.0. The fraction of sp³-hybridized carbons (Fsp3) is 0.704. The quantitative estimate of drug-likeness (QED) is 0.520. The van der Waals surface area contributed by atoms with Gasteiger partial charge in [0.15, 0.2) is 0 Å². The summed E-state index contributed by atoms with van der Waals surface area (Å²) in [5.41, 5.74) is 0.152. The molecule has 2 saturated carbocycles. The summed E-state index contributed by atoms with van der Waals surface area (Å²) in [6, 6.07) is 10.3. The summed E-state index contributed by atoms with van der Waals surface area (Å²) in [5, 5.41) is 12.9. The minimum Gasteiger partial charge on any atom is -0.481 e. The second-order valence-electron chi connectivity index (χ2n) is 10.5. The van der Waals surface area contributed by atoms with E-state index in [1.54, 1.807) is 40.0 Å². The van der Waals surface area contributed by atoms with Crippen molar-refractivity contribution in [3.05, 3.63) is 35.9 Å². The Hall–Kier alpha value is -2.08. The van der Waals surface area contributed by atoms with Crippen LogP contribution in [0.4, 0.5) is 4.79 Å². The van der Waals surface area contributed by atoms with Gasteiger partial charge in [0.05, 0.1) is 12.5 Å². The smallest absolute Gasteiger partial charge is 0.410 e. The second kappa shape index (κ2) is 13.6. The Morgan fingerprint density at radius 3 is 1.88 bits per heavy atom. The molecule has 1 amide bonds. The highest BCUT2D eigenvalue weighted by molar-refractivity contribution is 5.72. The Labute approximate surface area is 200 Å². The van der Waals surface area contributed by atoms with Gasteiger partial charge in [0, 0.05) is 19.1 Å². The Morgan fingerprint density at radius 1 is 0.970 bits per heavy atom. The van der Waals surface area contributed by atoms with Gasteiger partial charge in [-0.05, 0) is 52.0 Å². The molecule has 2 aliphatic carbocycles. The van der Waals surface area contributed by atoms with Crippen LogP contribution < -0.4 is 5.32 Å². The molecule has 0 aliphatic heterocycles. The van der Waals surface area contributed by atoms with Gasteiger partial charge in [-0.3, -0.25) is 4.79 Å². The van der Waals surface area contributed by atoms with Gasteiger partial charge < -0.3 is 20.1 Å². The van der Waals surface area contributed by atoms with Crippen LogP contribution in [-0.4, -0.2) is 46.8 Å². The van der Waals surface area contributed by atoms with Crippen molar-refractivity contribution in [3.63, 3.8) is 0 Å². The third-order valence-electron chi connectivity index (χ3n) is 6.38. The molecule has 1 aromatic rings. The molecule has 186 valence electrons. The normalized spacial score (nSPS) is 18.5. The maximum Gasteiger partial charge on any atom is 0.410 e. The third kappa shape index (κ3) is 10.6. The predicted octanol–water partition coefficient (Wildman–Crippen LogP) is 6.31. The van der Waals surface area contributed by atoms with Crippen molar-refractivity contribution in [2.24, 2.45) is 0 Å². The number of carbonyl (C=O) groups excluding carboxylic acids is 1. The first-order valence-corrected chi connectivity index (χ1v) is 12.6. The highest BCUT2D eigenvalue weighted by Gasteiger charge is 2.28. The number of benzene rings is 1. The number of amides is 1. The number of carboxylic acid groups (broad SMARTS) is 1. The number of nitrogens with one attached hydrogen (secondary N) is 1. The van der Waals surface area contributed by atoms with E-state index in [0.717, 1.165) is 17.6 Å². The van der Waals surface area contributed by atoms with Gasteiger partial charge in [0.2, 0.25) is 0 Å². The molecule has 2 N–H and O–H groups in total. The molecule has 0 spiro atoms. The fourth-order valence-corrected chi connectivity index (χ4v) is 4.65. The lowest BCUT2D eigenvalue weighted by Crippen LogP contribution is -2.40. The lowest BCUT2D eigenvalue weighted by molar-refractivity contribution is -0.138. The van der Waals surface area contributed by atoms with Crippen molar-refractivity contribution in [1.82, 2.24) is 10.2 Å². The minimum atomic E-state index is -0.964. The molecule has 3 rings (SSSR count). The van der Waals surface area contributed by atoms with E-state index in [1.807, 2.05) is 18.2 Å². The van der Waals surface area contributed by atoms with Crippen LogP contribution in [0.3, 0.4) is 0 Å². The zero-order chi connectivity index (χ0) is 24.3. The van der Waals surface area contributed by atoms with E-state index in [0.29, 0.717) is 0 Å². The first kappa shape index (κ1) is 27.2.